The number of rotatable bonds is 4. The van der Waals surface area contributed by atoms with Crippen molar-refractivity contribution in [1.29, 1.82) is 0 Å². The van der Waals surface area contributed by atoms with Crippen LogP contribution in [0.3, 0.4) is 0 Å². The molecule has 3 rings (SSSR count). The van der Waals surface area contributed by atoms with Gasteiger partial charge in [0.2, 0.25) is 5.91 Å². The number of hydrogen-bond donors (Lipinski definition) is 1. The zero-order chi connectivity index (χ0) is 15.4. The Balaban J connectivity index is 1.42. The third-order valence-electron chi connectivity index (χ3n) is 4.41. The van der Waals surface area contributed by atoms with Crippen LogP contribution in [0.4, 0.5) is 0 Å². The highest BCUT2D eigenvalue weighted by Crippen LogP contribution is 2.21. The Morgan fingerprint density at radius 3 is 2.77 bits per heavy atom. The largest absolute Gasteiger partial charge is 0.376 e. The number of ether oxygens (including phenoxy) is 1. The van der Waals surface area contributed by atoms with Gasteiger partial charge in [0.1, 0.15) is 0 Å². The van der Waals surface area contributed by atoms with Crippen molar-refractivity contribution < 1.29 is 14.3 Å². The van der Waals surface area contributed by atoms with Gasteiger partial charge in [0.15, 0.2) is 0 Å². The van der Waals surface area contributed by atoms with Gasteiger partial charge in [-0.2, -0.15) is 0 Å². The van der Waals surface area contributed by atoms with E-state index in [0.717, 1.165) is 37.2 Å². The van der Waals surface area contributed by atoms with Gasteiger partial charge >= 0.3 is 0 Å². The molecule has 1 aromatic rings. The number of nitrogens with one attached hydrogen (secondary N) is 1. The first-order chi connectivity index (χ1) is 10.7. The van der Waals surface area contributed by atoms with Crippen molar-refractivity contribution in [1.82, 2.24) is 10.2 Å². The highest BCUT2D eigenvalue weighted by molar-refractivity contribution is 7.12. The van der Waals surface area contributed by atoms with Crippen molar-refractivity contribution in [2.24, 2.45) is 5.92 Å². The summed E-state index contributed by atoms with van der Waals surface area (Å²) in [5, 5.41) is 4.92. The maximum absolute atomic E-state index is 12.3. The van der Waals surface area contributed by atoms with E-state index in [2.05, 4.69) is 5.32 Å². The van der Waals surface area contributed by atoms with E-state index in [9.17, 15) is 9.59 Å². The van der Waals surface area contributed by atoms with Gasteiger partial charge in [-0.1, -0.05) is 6.07 Å². The second-order valence-corrected chi connectivity index (χ2v) is 6.87. The third-order valence-corrected chi connectivity index (χ3v) is 5.27. The minimum Gasteiger partial charge on any atom is -0.376 e. The van der Waals surface area contributed by atoms with Gasteiger partial charge in [-0.05, 0) is 37.1 Å². The summed E-state index contributed by atoms with van der Waals surface area (Å²) >= 11 is 1.47. The smallest absolute Gasteiger partial charge is 0.263 e. The van der Waals surface area contributed by atoms with Crippen LogP contribution in [-0.4, -0.2) is 49.1 Å². The van der Waals surface area contributed by atoms with Gasteiger partial charge in [-0.15, -0.1) is 11.3 Å². The summed E-state index contributed by atoms with van der Waals surface area (Å²) in [5.41, 5.74) is 0. The molecule has 120 valence electrons. The molecule has 6 heteroatoms. The molecule has 1 aromatic heterocycles. The van der Waals surface area contributed by atoms with E-state index >= 15 is 0 Å². The molecule has 0 bridgehead atoms. The Morgan fingerprint density at radius 1 is 1.32 bits per heavy atom. The van der Waals surface area contributed by atoms with Crippen LogP contribution in [0.5, 0.6) is 0 Å². The molecular formula is C16H22N2O3S. The standard InChI is InChI=1S/C16H22N2O3S/c19-15(17-11-13-3-1-9-21-13)12-5-7-18(8-6-12)16(20)14-4-2-10-22-14/h2,4,10,12-13H,1,3,5-9,11H2,(H,17,19)/t13-/m1/s1. The first kappa shape index (κ1) is 15.5. The average Bonchev–Trinajstić information content (AvgIpc) is 3.25. The number of amides is 2. The predicted molar refractivity (Wildman–Crippen MR) is 84.9 cm³/mol. The number of thiophene rings is 1. The predicted octanol–water partition coefficient (Wildman–Crippen LogP) is 1.90. The summed E-state index contributed by atoms with van der Waals surface area (Å²) in [5.74, 6) is 0.223. The average molecular weight is 322 g/mol. The minimum absolute atomic E-state index is 0.0220. The van der Waals surface area contributed by atoms with E-state index in [0.29, 0.717) is 19.6 Å². The van der Waals surface area contributed by atoms with Crippen molar-refractivity contribution in [3.63, 3.8) is 0 Å². The second kappa shape index (κ2) is 7.24. The van der Waals surface area contributed by atoms with Gasteiger partial charge in [0, 0.05) is 32.2 Å². The monoisotopic (exact) mass is 322 g/mol. The summed E-state index contributed by atoms with van der Waals surface area (Å²) < 4.78 is 5.51. The van der Waals surface area contributed by atoms with Crippen LogP contribution in [0, 0.1) is 5.92 Å². The summed E-state index contributed by atoms with van der Waals surface area (Å²) in [6.45, 7) is 2.75. The lowest BCUT2D eigenvalue weighted by atomic mass is 9.95. The summed E-state index contributed by atoms with van der Waals surface area (Å²) in [6, 6.07) is 3.75. The lowest BCUT2D eigenvalue weighted by Crippen LogP contribution is -2.44. The fourth-order valence-corrected chi connectivity index (χ4v) is 3.76. The third kappa shape index (κ3) is 3.67. The molecule has 1 N–H and O–H groups in total. The number of nitrogens with zero attached hydrogens (tertiary/aromatic N) is 1. The highest BCUT2D eigenvalue weighted by atomic mass is 32.1. The van der Waals surface area contributed by atoms with Crippen LogP contribution in [0.25, 0.3) is 0 Å². The van der Waals surface area contributed by atoms with Crippen molar-refractivity contribution in [2.45, 2.75) is 31.8 Å². The molecule has 3 heterocycles. The Morgan fingerprint density at radius 2 is 2.14 bits per heavy atom. The van der Waals surface area contributed by atoms with Gasteiger partial charge in [0.05, 0.1) is 11.0 Å². The normalized spacial score (nSPS) is 22.7. The fraction of sp³-hybridized carbons (Fsp3) is 0.625. The Labute approximate surface area is 134 Å². The SMILES string of the molecule is O=C(NC[C@H]1CCCO1)C1CCN(C(=O)c2cccs2)CC1. The van der Waals surface area contributed by atoms with E-state index in [1.807, 2.05) is 22.4 Å². The zero-order valence-electron chi connectivity index (χ0n) is 12.6. The van der Waals surface area contributed by atoms with Crippen LogP contribution in [-0.2, 0) is 9.53 Å². The van der Waals surface area contributed by atoms with E-state index in [1.165, 1.54) is 11.3 Å². The molecule has 2 aliphatic heterocycles. The Kier molecular flexibility index (Phi) is 5.10. The molecule has 5 nitrogen and oxygen atoms in total. The lowest BCUT2D eigenvalue weighted by Gasteiger charge is -2.31. The van der Waals surface area contributed by atoms with E-state index in [-0.39, 0.29) is 23.8 Å². The first-order valence-electron chi connectivity index (χ1n) is 7.96. The molecular weight excluding hydrogens is 300 g/mol. The summed E-state index contributed by atoms with van der Waals surface area (Å²) in [7, 11) is 0. The van der Waals surface area contributed by atoms with Gasteiger partial charge in [0.25, 0.3) is 5.91 Å². The van der Waals surface area contributed by atoms with Crippen LogP contribution in [0.15, 0.2) is 17.5 Å². The summed E-state index contributed by atoms with van der Waals surface area (Å²) in [6.07, 6.45) is 3.80. The van der Waals surface area contributed by atoms with E-state index in [1.54, 1.807) is 0 Å². The number of carbonyl (C=O) groups excluding carboxylic acids is 2. The zero-order valence-corrected chi connectivity index (χ0v) is 13.4. The van der Waals surface area contributed by atoms with E-state index < -0.39 is 0 Å². The maximum atomic E-state index is 12.3. The van der Waals surface area contributed by atoms with Crippen LogP contribution >= 0.6 is 11.3 Å². The quantitative estimate of drug-likeness (QED) is 0.921. The molecule has 0 saturated carbocycles. The Bertz CT molecular complexity index is 503. The molecule has 2 saturated heterocycles. The van der Waals surface area contributed by atoms with Crippen LogP contribution < -0.4 is 5.32 Å². The molecule has 2 aliphatic rings. The molecule has 0 aliphatic carbocycles. The highest BCUT2D eigenvalue weighted by Gasteiger charge is 2.28. The van der Waals surface area contributed by atoms with Crippen LogP contribution in [0.1, 0.15) is 35.4 Å². The number of hydrogen-bond acceptors (Lipinski definition) is 4. The number of likely N-dealkylation sites (tertiary alicyclic amines) is 1. The van der Waals surface area contributed by atoms with Gasteiger partial charge in [-0.25, -0.2) is 0 Å². The van der Waals surface area contributed by atoms with Crippen molar-refractivity contribution in [2.75, 3.05) is 26.2 Å². The molecule has 22 heavy (non-hydrogen) atoms. The minimum atomic E-state index is 0.0220. The number of piperidine rings is 1. The molecule has 0 radical (unpaired) electrons. The van der Waals surface area contributed by atoms with Gasteiger partial charge < -0.3 is 15.0 Å². The first-order valence-corrected chi connectivity index (χ1v) is 8.84. The van der Waals surface area contributed by atoms with Crippen molar-refractivity contribution >= 4 is 23.2 Å². The summed E-state index contributed by atoms with van der Waals surface area (Å²) in [4.78, 5) is 27.1. The Hall–Kier alpha value is -1.40. The number of carbonyl (C=O) groups is 2. The fourth-order valence-electron chi connectivity index (χ4n) is 3.06. The molecule has 0 aromatic carbocycles. The second-order valence-electron chi connectivity index (χ2n) is 5.92. The molecule has 0 unspecified atom stereocenters. The van der Waals surface area contributed by atoms with Crippen LogP contribution in [0.2, 0.25) is 0 Å². The van der Waals surface area contributed by atoms with E-state index in [4.69, 9.17) is 4.74 Å². The molecule has 2 amide bonds. The van der Waals surface area contributed by atoms with Gasteiger partial charge in [-0.3, -0.25) is 9.59 Å². The maximum Gasteiger partial charge on any atom is 0.263 e. The molecule has 1 atom stereocenters. The van der Waals surface area contributed by atoms with Crippen molar-refractivity contribution in [3.05, 3.63) is 22.4 Å². The lowest BCUT2D eigenvalue weighted by molar-refractivity contribution is -0.126. The molecule has 2 fully saturated rings. The molecule has 0 spiro atoms. The topological polar surface area (TPSA) is 58.6 Å². The van der Waals surface area contributed by atoms with Crippen molar-refractivity contribution in [3.8, 4) is 0 Å².